The lowest BCUT2D eigenvalue weighted by Gasteiger charge is -2.30. The second kappa shape index (κ2) is 4.27. The van der Waals surface area contributed by atoms with Crippen molar-refractivity contribution in [3.63, 3.8) is 0 Å². The Kier molecular flexibility index (Phi) is 4.25. The standard InChI is InChI=1S/C11H24O/c1-8(10(3)12)7-9(2)11(4,5)6/h8-10,12H,7H2,1-6H3. The predicted octanol–water partition coefficient (Wildman–Crippen LogP) is 3.08. The molecule has 1 heteroatoms. The van der Waals surface area contributed by atoms with Crippen LogP contribution in [0.3, 0.4) is 0 Å². The molecular weight excluding hydrogens is 148 g/mol. The van der Waals surface area contributed by atoms with Crippen molar-refractivity contribution in [1.82, 2.24) is 0 Å². The van der Waals surface area contributed by atoms with E-state index in [0.717, 1.165) is 6.42 Å². The van der Waals surface area contributed by atoms with Gasteiger partial charge in [0.1, 0.15) is 0 Å². The number of hydrogen-bond donors (Lipinski definition) is 1. The van der Waals surface area contributed by atoms with Crippen molar-refractivity contribution < 1.29 is 5.11 Å². The van der Waals surface area contributed by atoms with Crippen LogP contribution in [0.1, 0.15) is 48.0 Å². The fraction of sp³-hybridized carbons (Fsp3) is 1.00. The van der Waals surface area contributed by atoms with Gasteiger partial charge in [-0.05, 0) is 30.6 Å². The number of hydrogen-bond acceptors (Lipinski definition) is 1. The van der Waals surface area contributed by atoms with E-state index in [1.807, 2.05) is 6.92 Å². The van der Waals surface area contributed by atoms with Crippen molar-refractivity contribution >= 4 is 0 Å². The maximum absolute atomic E-state index is 9.34. The van der Waals surface area contributed by atoms with Crippen LogP contribution < -0.4 is 0 Å². The van der Waals surface area contributed by atoms with Crippen LogP contribution in [0.5, 0.6) is 0 Å². The van der Waals surface area contributed by atoms with E-state index < -0.39 is 0 Å². The van der Waals surface area contributed by atoms with Gasteiger partial charge in [-0.3, -0.25) is 0 Å². The van der Waals surface area contributed by atoms with Crippen LogP contribution in [-0.2, 0) is 0 Å². The van der Waals surface area contributed by atoms with Gasteiger partial charge in [-0.25, -0.2) is 0 Å². The van der Waals surface area contributed by atoms with E-state index in [1.54, 1.807) is 0 Å². The fourth-order valence-electron chi connectivity index (χ4n) is 1.11. The van der Waals surface area contributed by atoms with Crippen molar-refractivity contribution in [1.29, 1.82) is 0 Å². The second-order valence-electron chi connectivity index (χ2n) is 5.22. The third-order valence-corrected chi connectivity index (χ3v) is 3.03. The first-order chi connectivity index (χ1) is 5.25. The highest BCUT2D eigenvalue weighted by Gasteiger charge is 2.23. The summed E-state index contributed by atoms with van der Waals surface area (Å²) in [6.45, 7) is 13.0. The number of rotatable bonds is 3. The summed E-state index contributed by atoms with van der Waals surface area (Å²) in [7, 11) is 0. The Morgan fingerprint density at radius 2 is 1.50 bits per heavy atom. The van der Waals surface area contributed by atoms with Crippen molar-refractivity contribution in [2.45, 2.75) is 54.1 Å². The highest BCUT2D eigenvalue weighted by Crippen LogP contribution is 2.31. The molecule has 0 saturated carbocycles. The molecule has 0 aliphatic carbocycles. The molecule has 1 nitrogen and oxygen atoms in total. The summed E-state index contributed by atoms with van der Waals surface area (Å²) in [6, 6.07) is 0. The Labute approximate surface area is 77.2 Å². The molecule has 0 aromatic rings. The van der Waals surface area contributed by atoms with E-state index >= 15 is 0 Å². The molecule has 0 radical (unpaired) electrons. The molecule has 3 atom stereocenters. The zero-order valence-corrected chi connectivity index (χ0v) is 9.39. The first-order valence-electron chi connectivity index (χ1n) is 4.93. The minimum absolute atomic E-state index is 0.171. The Morgan fingerprint density at radius 3 is 1.75 bits per heavy atom. The Hall–Kier alpha value is -0.0400. The quantitative estimate of drug-likeness (QED) is 0.693. The summed E-state index contributed by atoms with van der Waals surface area (Å²) in [5.74, 6) is 1.08. The SMILES string of the molecule is CC(O)C(C)CC(C)C(C)(C)C. The average Bonchev–Trinajstić information content (AvgIpc) is 1.85. The smallest absolute Gasteiger partial charge is 0.0537 e. The van der Waals surface area contributed by atoms with Gasteiger partial charge in [0.15, 0.2) is 0 Å². The van der Waals surface area contributed by atoms with Gasteiger partial charge in [-0.2, -0.15) is 0 Å². The lowest BCUT2D eigenvalue weighted by atomic mass is 9.76. The van der Waals surface area contributed by atoms with Gasteiger partial charge < -0.3 is 5.11 Å². The molecule has 0 saturated heterocycles. The fourth-order valence-corrected chi connectivity index (χ4v) is 1.11. The zero-order chi connectivity index (χ0) is 9.94. The first kappa shape index (κ1) is 12.0. The molecule has 0 aromatic carbocycles. The van der Waals surface area contributed by atoms with Crippen LogP contribution in [0.4, 0.5) is 0 Å². The molecular formula is C11H24O. The number of aliphatic hydroxyl groups is 1. The largest absolute Gasteiger partial charge is 0.393 e. The summed E-state index contributed by atoms with van der Waals surface area (Å²) in [6.07, 6.45) is 0.941. The summed E-state index contributed by atoms with van der Waals surface area (Å²) in [4.78, 5) is 0. The van der Waals surface area contributed by atoms with Gasteiger partial charge in [-0.1, -0.05) is 34.6 Å². The van der Waals surface area contributed by atoms with Crippen molar-refractivity contribution in [3.05, 3.63) is 0 Å². The van der Waals surface area contributed by atoms with Crippen LogP contribution in [-0.4, -0.2) is 11.2 Å². The monoisotopic (exact) mass is 172 g/mol. The molecule has 0 rings (SSSR count). The van der Waals surface area contributed by atoms with Crippen LogP contribution in [0, 0.1) is 17.3 Å². The van der Waals surface area contributed by atoms with Gasteiger partial charge in [0.2, 0.25) is 0 Å². The van der Waals surface area contributed by atoms with E-state index in [2.05, 4.69) is 34.6 Å². The summed E-state index contributed by atoms with van der Waals surface area (Å²) in [5, 5.41) is 9.34. The van der Waals surface area contributed by atoms with Crippen LogP contribution in [0.15, 0.2) is 0 Å². The molecule has 0 fully saturated rings. The summed E-state index contributed by atoms with van der Waals surface area (Å²) in [5.41, 5.74) is 0.364. The summed E-state index contributed by atoms with van der Waals surface area (Å²) < 4.78 is 0. The van der Waals surface area contributed by atoms with E-state index in [4.69, 9.17) is 0 Å². The van der Waals surface area contributed by atoms with E-state index in [1.165, 1.54) is 0 Å². The van der Waals surface area contributed by atoms with Crippen LogP contribution >= 0.6 is 0 Å². The lowest BCUT2D eigenvalue weighted by molar-refractivity contribution is 0.101. The van der Waals surface area contributed by atoms with E-state index in [9.17, 15) is 5.11 Å². The number of aliphatic hydroxyl groups excluding tert-OH is 1. The highest BCUT2D eigenvalue weighted by molar-refractivity contribution is 4.73. The minimum Gasteiger partial charge on any atom is -0.393 e. The molecule has 0 heterocycles. The Balaban J connectivity index is 3.93. The predicted molar refractivity (Wildman–Crippen MR) is 54.1 cm³/mol. The molecule has 3 unspecified atom stereocenters. The molecule has 0 aliphatic rings. The topological polar surface area (TPSA) is 20.2 Å². The molecule has 0 aromatic heterocycles. The normalized spacial score (nSPS) is 20.2. The van der Waals surface area contributed by atoms with E-state index in [0.29, 0.717) is 17.3 Å². The zero-order valence-electron chi connectivity index (χ0n) is 9.39. The highest BCUT2D eigenvalue weighted by atomic mass is 16.3. The maximum Gasteiger partial charge on any atom is 0.0537 e. The molecule has 74 valence electrons. The van der Waals surface area contributed by atoms with Gasteiger partial charge in [-0.15, -0.1) is 0 Å². The molecule has 0 aliphatic heterocycles. The van der Waals surface area contributed by atoms with Crippen molar-refractivity contribution in [2.24, 2.45) is 17.3 Å². The van der Waals surface area contributed by atoms with E-state index in [-0.39, 0.29) is 6.10 Å². The van der Waals surface area contributed by atoms with Gasteiger partial charge in [0.25, 0.3) is 0 Å². The molecule has 0 spiro atoms. The van der Waals surface area contributed by atoms with Gasteiger partial charge in [0, 0.05) is 0 Å². The van der Waals surface area contributed by atoms with Crippen molar-refractivity contribution in [2.75, 3.05) is 0 Å². The van der Waals surface area contributed by atoms with Crippen molar-refractivity contribution in [3.8, 4) is 0 Å². The van der Waals surface area contributed by atoms with Gasteiger partial charge >= 0.3 is 0 Å². The molecule has 0 bridgehead atoms. The maximum atomic E-state index is 9.34. The lowest BCUT2D eigenvalue weighted by Crippen LogP contribution is -2.23. The molecule has 12 heavy (non-hydrogen) atoms. The molecule has 0 amide bonds. The Bertz CT molecular complexity index is 121. The third kappa shape index (κ3) is 4.10. The third-order valence-electron chi connectivity index (χ3n) is 3.03. The van der Waals surface area contributed by atoms with Gasteiger partial charge in [0.05, 0.1) is 6.10 Å². The minimum atomic E-state index is -0.171. The second-order valence-corrected chi connectivity index (χ2v) is 5.22. The first-order valence-corrected chi connectivity index (χ1v) is 4.93. The average molecular weight is 172 g/mol. The molecule has 1 N–H and O–H groups in total. The van der Waals surface area contributed by atoms with Crippen LogP contribution in [0.2, 0.25) is 0 Å². The summed E-state index contributed by atoms with van der Waals surface area (Å²) >= 11 is 0. The van der Waals surface area contributed by atoms with Crippen LogP contribution in [0.25, 0.3) is 0 Å². The Morgan fingerprint density at radius 1 is 1.08 bits per heavy atom.